The first-order valence-electron chi connectivity index (χ1n) is 14.7. The second kappa shape index (κ2) is 11.1. The van der Waals surface area contributed by atoms with E-state index in [0.717, 1.165) is 77.3 Å². The van der Waals surface area contributed by atoms with E-state index in [2.05, 4.69) is 87.6 Å². The minimum absolute atomic E-state index is 0.335. The van der Waals surface area contributed by atoms with Crippen LogP contribution in [0.15, 0.2) is 134 Å². The van der Waals surface area contributed by atoms with E-state index in [9.17, 15) is 5.26 Å². The first-order valence-corrected chi connectivity index (χ1v) is 14.7. The van der Waals surface area contributed by atoms with Gasteiger partial charge in [0.15, 0.2) is 0 Å². The number of nitrogens with zero attached hydrogens (tertiary/aromatic N) is 6. The second-order valence-corrected chi connectivity index (χ2v) is 10.9. The van der Waals surface area contributed by atoms with Crippen LogP contribution in [0.25, 0.3) is 82.2 Å². The molecule has 6 heteroatoms. The molecule has 8 aromatic rings. The molecule has 4 aromatic heterocycles. The molecule has 0 aliphatic heterocycles. The van der Waals surface area contributed by atoms with Crippen LogP contribution in [0.4, 0.5) is 5.82 Å². The average Bonchev–Trinajstić information content (AvgIpc) is 3.13. The third kappa shape index (κ3) is 4.50. The van der Waals surface area contributed by atoms with Crippen molar-refractivity contribution in [3.05, 3.63) is 151 Å². The number of pyridine rings is 4. The Morgan fingerprint density at radius 2 is 1.15 bits per heavy atom. The Hall–Kier alpha value is -6.76. The molecule has 4 heterocycles. The lowest BCUT2D eigenvalue weighted by Gasteiger charge is -2.19. The predicted molar refractivity (Wildman–Crippen MR) is 183 cm³/mol. The fourth-order valence-corrected chi connectivity index (χ4v) is 6.25. The molecule has 0 radical (unpaired) electrons. The van der Waals surface area contributed by atoms with Crippen LogP contribution in [-0.2, 0) is 0 Å². The van der Waals surface area contributed by atoms with Crippen LogP contribution in [0.3, 0.4) is 0 Å². The quantitative estimate of drug-likeness (QED) is 0.116. The highest BCUT2D eigenvalue weighted by Crippen LogP contribution is 2.45. The van der Waals surface area contributed by atoms with Crippen molar-refractivity contribution in [1.82, 2.24) is 19.9 Å². The van der Waals surface area contributed by atoms with Crippen LogP contribution in [0.5, 0.6) is 0 Å². The van der Waals surface area contributed by atoms with Crippen molar-refractivity contribution in [3.8, 4) is 51.1 Å². The summed E-state index contributed by atoms with van der Waals surface area (Å²) in [5.41, 5.74) is 7.31. The lowest BCUT2D eigenvalue weighted by Crippen LogP contribution is -1.96. The maximum Gasteiger partial charge on any atom is 0.270 e. The molecule has 0 atom stereocenters. The molecule has 0 amide bonds. The zero-order valence-corrected chi connectivity index (χ0v) is 24.4. The number of aromatic nitrogens is 4. The maximum atomic E-state index is 9.44. The van der Waals surface area contributed by atoms with Crippen LogP contribution in [0.2, 0.25) is 0 Å². The van der Waals surface area contributed by atoms with Gasteiger partial charge in [0.1, 0.15) is 18.0 Å². The van der Waals surface area contributed by atoms with E-state index in [1.54, 1.807) is 24.5 Å². The lowest BCUT2D eigenvalue weighted by atomic mass is 9.86. The smallest absolute Gasteiger partial charge is 0.270 e. The highest BCUT2D eigenvalue weighted by atomic mass is 14.9. The zero-order chi connectivity index (χ0) is 31.0. The molecule has 4 aromatic carbocycles. The third-order valence-corrected chi connectivity index (χ3v) is 8.25. The molecule has 0 spiro atoms. The van der Waals surface area contributed by atoms with Gasteiger partial charge in [0, 0.05) is 28.3 Å². The Morgan fingerprint density at radius 3 is 1.87 bits per heavy atom. The van der Waals surface area contributed by atoms with Gasteiger partial charge in [-0.25, -0.2) is 15.0 Å². The Kier molecular flexibility index (Phi) is 6.45. The largest absolute Gasteiger partial charge is 0.361 e. The molecule has 0 aliphatic rings. The summed E-state index contributed by atoms with van der Waals surface area (Å²) in [4.78, 5) is 22.1. The minimum Gasteiger partial charge on any atom is -0.361 e. The van der Waals surface area contributed by atoms with Crippen LogP contribution in [0.1, 0.15) is 5.69 Å². The molecule has 0 saturated carbocycles. The van der Waals surface area contributed by atoms with Crippen LogP contribution >= 0.6 is 0 Å². The summed E-state index contributed by atoms with van der Waals surface area (Å²) in [6.07, 6.45) is 3.29. The van der Waals surface area contributed by atoms with Crippen molar-refractivity contribution in [1.29, 1.82) is 5.26 Å². The first kappa shape index (κ1) is 26.8. The van der Waals surface area contributed by atoms with Crippen molar-refractivity contribution in [2.45, 2.75) is 0 Å². The molecule has 0 fully saturated rings. The van der Waals surface area contributed by atoms with E-state index in [0.29, 0.717) is 11.5 Å². The number of nitriles is 1. The molecule has 8 rings (SSSR count). The van der Waals surface area contributed by atoms with E-state index >= 15 is 0 Å². The van der Waals surface area contributed by atoms with Gasteiger partial charge in [0.2, 0.25) is 0 Å². The number of hydrogen-bond donors (Lipinski definition) is 0. The van der Waals surface area contributed by atoms with Crippen molar-refractivity contribution >= 4 is 38.1 Å². The Labute approximate surface area is 264 Å². The molecule has 6 nitrogen and oxygen atoms in total. The molecule has 0 aliphatic carbocycles. The van der Waals surface area contributed by atoms with Crippen molar-refractivity contribution in [2.75, 3.05) is 0 Å². The zero-order valence-electron chi connectivity index (χ0n) is 24.4. The summed E-state index contributed by atoms with van der Waals surface area (Å²) in [5, 5.41) is 16.0. The third-order valence-electron chi connectivity index (χ3n) is 8.25. The predicted octanol–water partition coefficient (Wildman–Crippen LogP) is 9.82. The summed E-state index contributed by atoms with van der Waals surface area (Å²) in [5.74, 6) is 0.335. The highest BCUT2D eigenvalue weighted by molar-refractivity contribution is 6.27. The van der Waals surface area contributed by atoms with Gasteiger partial charge < -0.3 is 4.85 Å². The summed E-state index contributed by atoms with van der Waals surface area (Å²) in [6, 6.07) is 42.7. The minimum atomic E-state index is 0.335. The highest BCUT2D eigenvalue weighted by Gasteiger charge is 2.20. The topological polar surface area (TPSA) is 79.7 Å². The molecule has 46 heavy (non-hydrogen) atoms. The number of benzene rings is 4. The van der Waals surface area contributed by atoms with Crippen molar-refractivity contribution in [2.24, 2.45) is 0 Å². The lowest BCUT2D eigenvalue weighted by molar-refractivity contribution is 1.25. The monoisotopic (exact) mass is 586 g/mol. The van der Waals surface area contributed by atoms with Gasteiger partial charge in [0.25, 0.3) is 5.82 Å². The van der Waals surface area contributed by atoms with E-state index < -0.39 is 0 Å². The van der Waals surface area contributed by atoms with Gasteiger partial charge >= 0.3 is 0 Å². The number of hydrogen-bond acceptors (Lipinski definition) is 5. The number of rotatable bonds is 4. The van der Waals surface area contributed by atoms with Crippen LogP contribution < -0.4 is 0 Å². The van der Waals surface area contributed by atoms with Gasteiger partial charge in [-0.05, 0) is 81.0 Å². The number of fused-ring (bicyclic) bond motifs is 4. The van der Waals surface area contributed by atoms with Gasteiger partial charge in [-0.15, -0.1) is 4.98 Å². The molecule has 212 valence electrons. The second-order valence-electron chi connectivity index (χ2n) is 10.9. The Bertz CT molecular complexity index is 2570. The fraction of sp³-hybridized carbons (Fsp3) is 0. The average molecular weight is 587 g/mol. The molecule has 0 unspecified atom stereocenters. The van der Waals surface area contributed by atoms with Crippen LogP contribution in [-0.4, -0.2) is 19.9 Å². The van der Waals surface area contributed by atoms with E-state index in [-0.39, 0.29) is 0 Å². The normalized spacial score (nSPS) is 11.0. The Morgan fingerprint density at radius 1 is 0.543 bits per heavy atom. The molecular formula is C40H22N6. The first-order chi connectivity index (χ1) is 22.7. The van der Waals surface area contributed by atoms with Gasteiger partial charge in [-0.2, -0.15) is 5.26 Å². The van der Waals surface area contributed by atoms with Crippen LogP contribution in [0, 0.1) is 17.9 Å². The Balaban J connectivity index is 1.45. The molecular weight excluding hydrogens is 564 g/mol. The maximum absolute atomic E-state index is 9.44. The fourth-order valence-electron chi connectivity index (χ4n) is 6.25. The van der Waals surface area contributed by atoms with Crippen molar-refractivity contribution < 1.29 is 0 Å². The standard InChI is InChI=1S/C40H22N6/c1-42-37-23-27(19-21-44-37)34-13-7-15-36(46-34)40-31-11-5-4-10-30(31)38(32-17-16-25-8-2-3-9-29(25)39(32)40)35-14-6-12-33(45-35)26-18-20-43-28(22-26)24-41/h2-23H. The van der Waals surface area contributed by atoms with E-state index in [4.69, 9.17) is 16.5 Å². The molecule has 0 saturated heterocycles. The van der Waals surface area contributed by atoms with Gasteiger partial charge in [-0.1, -0.05) is 79.4 Å². The SMILES string of the molecule is [C-]#[N+]c1cc(-c2cccc(-c3c4ccccc4c(-c4cccc(-c5ccnc(C#N)c5)n4)c4ccc5ccccc5c34)n2)ccn1. The summed E-state index contributed by atoms with van der Waals surface area (Å²) < 4.78 is 0. The van der Waals surface area contributed by atoms with Gasteiger partial charge in [-0.3, -0.25) is 0 Å². The molecule has 0 bridgehead atoms. The van der Waals surface area contributed by atoms with E-state index in [1.807, 2.05) is 42.5 Å². The van der Waals surface area contributed by atoms with Crippen molar-refractivity contribution in [3.63, 3.8) is 0 Å². The van der Waals surface area contributed by atoms with E-state index in [1.165, 1.54) is 0 Å². The summed E-state index contributed by atoms with van der Waals surface area (Å²) in [6.45, 7) is 7.43. The summed E-state index contributed by atoms with van der Waals surface area (Å²) in [7, 11) is 0. The summed E-state index contributed by atoms with van der Waals surface area (Å²) >= 11 is 0. The van der Waals surface area contributed by atoms with Gasteiger partial charge in [0.05, 0.1) is 22.8 Å². The molecule has 0 N–H and O–H groups in total.